The summed E-state index contributed by atoms with van der Waals surface area (Å²) in [5, 5.41) is 0.732. The van der Waals surface area contributed by atoms with E-state index in [9.17, 15) is 4.79 Å². The van der Waals surface area contributed by atoms with Crippen LogP contribution < -0.4 is 9.64 Å². The first-order chi connectivity index (χ1) is 14.2. The molecule has 0 unspecified atom stereocenters. The number of benzene rings is 3. The Hall–Kier alpha value is -2.98. The highest BCUT2D eigenvalue weighted by atomic mass is 35.5. The number of carbonyl (C=O) groups is 1. The minimum absolute atomic E-state index is 0.0605. The molecule has 0 bridgehead atoms. The third-order valence-electron chi connectivity index (χ3n) is 5.09. The van der Waals surface area contributed by atoms with Crippen molar-refractivity contribution < 1.29 is 9.53 Å². The lowest BCUT2D eigenvalue weighted by Gasteiger charge is -2.36. The molecule has 1 fully saturated rings. The molecule has 1 heterocycles. The summed E-state index contributed by atoms with van der Waals surface area (Å²) in [5.74, 6) is 0.821. The summed E-state index contributed by atoms with van der Waals surface area (Å²) in [5.41, 5.74) is 2.91. The average Bonchev–Trinajstić information content (AvgIpc) is 2.78. The van der Waals surface area contributed by atoms with Gasteiger partial charge < -0.3 is 14.5 Å². The number of hydrogen-bond acceptors (Lipinski definition) is 3. The van der Waals surface area contributed by atoms with E-state index < -0.39 is 0 Å². The van der Waals surface area contributed by atoms with Crippen molar-refractivity contribution in [2.45, 2.75) is 6.61 Å². The Morgan fingerprint density at radius 2 is 1.59 bits per heavy atom. The second-order valence-corrected chi connectivity index (χ2v) is 7.49. The van der Waals surface area contributed by atoms with Crippen molar-refractivity contribution >= 4 is 23.2 Å². The molecule has 3 aromatic rings. The van der Waals surface area contributed by atoms with Crippen molar-refractivity contribution in [2.75, 3.05) is 31.1 Å². The maximum atomic E-state index is 12.8. The van der Waals surface area contributed by atoms with Gasteiger partial charge in [-0.2, -0.15) is 0 Å². The first-order valence-corrected chi connectivity index (χ1v) is 10.1. The van der Waals surface area contributed by atoms with Crippen LogP contribution in [-0.4, -0.2) is 37.0 Å². The van der Waals surface area contributed by atoms with Crippen molar-refractivity contribution in [2.24, 2.45) is 0 Å². The summed E-state index contributed by atoms with van der Waals surface area (Å²) in [7, 11) is 0. The molecule has 0 saturated carbocycles. The Labute approximate surface area is 176 Å². The third-order valence-corrected chi connectivity index (χ3v) is 5.32. The molecule has 0 aromatic heterocycles. The van der Waals surface area contributed by atoms with Crippen molar-refractivity contribution in [1.29, 1.82) is 0 Å². The van der Waals surface area contributed by atoms with Gasteiger partial charge in [0.25, 0.3) is 5.91 Å². The lowest BCUT2D eigenvalue weighted by atomic mass is 10.1. The zero-order valence-corrected chi connectivity index (χ0v) is 16.9. The molecule has 4 nitrogen and oxygen atoms in total. The van der Waals surface area contributed by atoms with Crippen LogP contribution in [0.3, 0.4) is 0 Å². The molecule has 1 aliphatic rings. The maximum Gasteiger partial charge on any atom is 0.253 e. The summed E-state index contributed by atoms with van der Waals surface area (Å²) >= 11 is 6.09. The summed E-state index contributed by atoms with van der Waals surface area (Å²) < 4.78 is 5.80. The van der Waals surface area contributed by atoms with Crippen molar-refractivity contribution in [3.63, 3.8) is 0 Å². The summed E-state index contributed by atoms with van der Waals surface area (Å²) in [4.78, 5) is 17.0. The normalized spacial score (nSPS) is 14.0. The highest BCUT2D eigenvalue weighted by molar-refractivity contribution is 6.30. The number of ether oxygens (including phenoxy) is 1. The van der Waals surface area contributed by atoms with E-state index in [-0.39, 0.29) is 5.91 Å². The quantitative estimate of drug-likeness (QED) is 0.605. The first kappa shape index (κ1) is 19.3. The lowest BCUT2D eigenvalue weighted by Crippen LogP contribution is -2.48. The molecule has 1 amide bonds. The van der Waals surface area contributed by atoms with Gasteiger partial charge in [0.2, 0.25) is 0 Å². The monoisotopic (exact) mass is 406 g/mol. The van der Waals surface area contributed by atoms with E-state index in [0.29, 0.717) is 25.3 Å². The molecular weight excluding hydrogens is 384 g/mol. The van der Waals surface area contributed by atoms with Crippen LogP contribution in [0.25, 0.3) is 0 Å². The average molecular weight is 407 g/mol. The van der Waals surface area contributed by atoms with Gasteiger partial charge in [-0.3, -0.25) is 4.79 Å². The van der Waals surface area contributed by atoms with E-state index in [4.69, 9.17) is 16.3 Å². The molecule has 0 spiro atoms. The summed E-state index contributed by atoms with van der Waals surface area (Å²) in [6.45, 7) is 3.49. The van der Waals surface area contributed by atoms with E-state index in [2.05, 4.69) is 11.0 Å². The Balaban J connectivity index is 1.31. The number of hydrogen-bond donors (Lipinski definition) is 0. The van der Waals surface area contributed by atoms with E-state index in [1.807, 2.05) is 77.7 Å². The molecule has 148 valence electrons. The third kappa shape index (κ3) is 4.90. The van der Waals surface area contributed by atoms with Gasteiger partial charge in [-0.1, -0.05) is 48.0 Å². The van der Waals surface area contributed by atoms with Crippen molar-refractivity contribution in [3.8, 4) is 5.75 Å². The highest BCUT2D eigenvalue weighted by Crippen LogP contribution is 2.22. The molecule has 3 aromatic carbocycles. The van der Waals surface area contributed by atoms with E-state index in [1.54, 1.807) is 0 Å². The molecule has 0 aliphatic carbocycles. The van der Waals surface area contributed by atoms with Crippen LogP contribution in [0.15, 0.2) is 78.9 Å². The van der Waals surface area contributed by atoms with Crippen LogP contribution in [0.1, 0.15) is 15.9 Å². The lowest BCUT2D eigenvalue weighted by molar-refractivity contribution is 0.0746. The first-order valence-electron chi connectivity index (χ1n) is 9.76. The Morgan fingerprint density at radius 1 is 0.862 bits per heavy atom. The number of nitrogens with zero attached hydrogens (tertiary/aromatic N) is 2. The second kappa shape index (κ2) is 9.01. The standard InChI is InChI=1S/C24H23ClN2O2/c25-21-7-4-8-22(17-21)26-13-15-27(16-14-26)24(28)20-9-11-23(12-10-20)29-18-19-5-2-1-3-6-19/h1-12,17H,13-16,18H2. The number of rotatable bonds is 5. The summed E-state index contributed by atoms with van der Waals surface area (Å²) in [6, 6.07) is 25.3. The van der Waals surface area contributed by atoms with Gasteiger partial charge in [0, 0.05) is 42.5 Å². The molecule has 29 heavy (non-hydrogen) atoms. The molecule has 0 radical (unpaired) electrons. The smallest absolute Gasteiger partial charge is 0.253 e. The summed E-state index contributed by atoms with van der Waals surface area (Å²) in [6.07, 6.45) is 0. The van der Waals surface area contributed by atoms with Crippen LogP contribution in [-0.2, 0) is 6.61 Å². The number of carbonyl (C=O) groups excluding carboxylic acids is 1. The van der Waals surface area contributed by atoms with Gasteiger partial charge in [0.1, 0.15) is 12.4 Å². The molecule has 5 heteroatoms. The number of anilines is 1. The van der Waals surface area contributed by atoms with E-state index >= 15 is 0 Å². The fourth-order valence-electron chi connectivity index (χ4n) is 3.46. The number of piperazine rings is 1. The minimum atomic E-state index is 0.0605. The topological polar surface area (TPSA) is 32.8 Å². The van der Waals surface area contributed by atoms with Crippen LogP contribution in [0.5, 0.6) is 5.75 Å². The van der Waals surface area contributed by atoms with Crippen LogP contribution in [0.4, 0.5) is 5.69 Å². The van der Waals surface area contributed by atoms with E-state index in [0.717, 1.165) is 35.1 Å². The van der Waals surface area contributed by atoms with Gasteiger partial charge in [0.05, 0.1) is 0 Å². The number of amides is 1. The van der Waals surface area contributed by atoms with Gasteiger partial charge in [-0.15, -0.1) is 0 Å². The predicted molar refractivity (Wildman–Crippen MR) is 117 cm³/mol. The maximum absolute atomic E-state index is 12.8. The predicted octanol–water partition coefficient (Wildman–Crippen LogP) is 4.88. The fraction of sp³-hybridized carbons (Fsp3) is 0.208. The zero-order valence-electron chi connectivity index (χ0n) is 16.1. The SMILES string of the molecule is O=C(c1ccc(OCc2ccccc2)cc1)N1CCN(c2cccc(Cl)c2)CC1. The molecule has 0 N–H and O–H groups in total. The van der Waals surface area contributed by atoms with E-state index in [1.165, 1.54) is 0 Å². The van der Waals surface area contributed by atoms with Crippen molar-refractivity contribution in [3.05, 3.63) is 95.0 Å². The minimum Gasteiger partial charge on any atom is -0.489 e. The van der Waals surface area contributed by atoms with Gasteiger partial charge >= 0.3 is 0 Å². The van der Waals surface area contributed by atoms with Crippen LogP contribution >= 0.6 is 11.6 Å². The second-order valence-electron chi connectivity index (χ2n) is 7.06. The van der Waals surface area contributed by atoms with Crippen LogP contribution in [0, 0.1) is 0 Å². The van der Waals surface area contributed by atoms with Gasteiger partial charge in [-0.25, -0.2) is 0 Å². The van der Waals surface area contributed by atoms with Crippen molar-refractivity contribution in [1.82, 2.24) is 4.90 Å². The molecule has 4 rings (SSSR count). The van der Waals surface area contributed by atoms with Gasteiger partial charge in [-0.05, 0) is 48.0 Å². The fourth-order valence-corrected chi connectivity index (χ4v) is 3.64. The molecule has 0 atom stereocenters. The molecule has 1 saturated heterocycles. The van der Waals surface area contributed by atoms with Gasteiger partial charge in [0.15, 0.2) is 0 Å². The number of halogens is 1. The Bertz CT molecular complexity index is 952. The largest absolute Gasteiger partial charge is 0.489 e. The Morgan fingerprint density at radius 3 is 2.28 bits per heavy atom. The highest BCUT2D eigenvalue weighted by Gasteiger charge is 2.22. The zero-order chi connectivity index (χ0) is 20.1. The Kier molecular flexibility index (Phi) is 6.01. The molecule has 1 aliphatic heterocycles. The van der Waals surface area contributed by atoms with Crippen LogP contribution in [0.2, 0.25) is 5.02 Å². The molecular formula is C24H23ClN2O2.